The normalized spacial score (nSPS) is 12.9. The predicted octanol–water partition coefficient (Wildman–Crippen LogP) is 3.22. The van der Waals surface area contributed by atoms with E-state index in [2.05, 4.69) is 15.7 Å². The summed E-state index contributed by atoms with van der Waals surface area (Å²) in [5, 5.41) is 10.1. The van der Waals surface area contributed by atoms with Crippen LogP contribution in [0, 0.1) is 0 Å². The lowest BCUT2D eigenvalue weighted by molar-refractivity contribution is 0.0951. The molecule has 0 saturated heterocycles. The Kier molecular flexibility index (Phi) is 5.38. The Labute approximate surface area is 173 Å². The summed E-state index contributed by atoms with van der Waals surface area (Å²) in [6, 6.07) is 14.3. The Balaban J connectivity index is 1.57. The second-order valence-corrected chi connectivity index (χ2v) is 7.04. The minimum Gasteiger partial charge on any atom is -0.497 e. The molecule has 1 aromatic heterocycles. The highest BCUT2D eigenvalue weighted by atomic mass is 16.5. The van der Waals surface area contributed by atoms with E-state index in [1.165, 1.54) is 10.9 Å². The molecule has 1 heterocycles. The zero-order chi connectivity index (χ0) is 21.1. The lowest BCUT2D eigenvalue weighted by Gasteiger charge is -2.14. The van der Waals surface area contributed by atoms with Gasteiger partial charge in [0.2, 0.25) is 0 Å². The van der Waals surface area contributed by atoms with Crippen LogP contribution in [0.2, 0.25) is 0 Å². The Morgan fingerprint density at radius 3 is 2.57 bits per heavy atom. The summed E-state index contributed by atoms with van der Waals surface area (Å²) >= 11 is 0. The van der Waals surface area contributed by atoms with Gasteiger partial charge in [-0.05, 0) is 49.2 Å². The standard InChI is InChI=1S/C22H22N4O4/c1-26-22(28)20(19(13-23-26)30-18-5-3-4-17(12-18)29-2)24-15-8-6-14(7-9-15)21(27)25-16-10-11-16/h3-9,12-13,16,24H,10-11H2,1-2H3,(H,25,27). The van der Waals surface area contributed by atoms with Crippen molar-refractivity contribution in [3.63, 3.8) is 0 Å². The molecular formula is C22H22N4O4. The van der Waals surface area contributed by atoms with Gasteiger partial charge in [0, 0.05) is 30.4 Å². The first-order valence-corrected chi connectivity index (χ1v) is 9.59. The van der Waals surface area contributed by atoms with E-state index in [0.29, 0.717) is 28.8 Å². The van der Waals surface area contributed by atoms with E-state index in [0.717, 1.165) is 12.8 Å². The first-order valence-electron chi connectivity index (χ1n) is 9.59. The summed E-state index contributed by atoms with van der Waals surface area (Å²) < 4.78 is 12.3. The SMILES string of the molecule is COc1cccc(Oc2cnn(C)c(=O)c2Nc2ccc(C(=O)NC3CC3)cc2)c1. The predicted molar refractivity (Wildman–Crippen MR) is 113 cm³/mol. The van der Waals surface area contributed by atoms with Crippen molar-refractivity contribution < 1.29 is 14.3 Å². The van der Waals surface area contributed by atoms with Gasteiger partial charge in [-0.1, -0.05) is 6.07 Å². The zero-order valence-electron chi connectivity index (χ0n) is 16.7. The van der Waals surface area contributed by atoms with Crippen molar-refractivity contribution >= 4 is 17.3 Å². The van der Waals surface area contributed by atoms with E-state index in [1.54, 1.807) is 62.7 Å². The Morgan fingerprint density at radius 1 is 1.13 bits per heavy atom. The summed E-state index contributed by atoms with van der Waals surface area (Å²) in [7, 11) is 3.13. The van der Waals surface area contributed by atoms with Crippen LogP contribution in [-0.2, 0) is 7.05 Å². The molecule has 2 N–H and O–H groups in total. The Morgan fingerprint density at radius 2 is 1.87 bits per heavy atom. The molecule has 30 heavy (non-hydrogen) atoms. The molecule has 8 nitrogen and oxygen atoms in total. The van der Waals surface area contributed by atoms with E-state index in [4.69, 9.17) is 9.47 Å². The lowest BCUT2D eigenvalue weighted by Crippen LogP contribution is -2.25. The van der Waals surface area contributed by atoms with Crippen LogP contribution in [0.25, 0.3) is 0 Å². The topological polar surface area (TPSA) is 94.5 Å². The molecule has 1 amide bonds. The zero-order valence-corrected chi connectivity index (χ0v) is 16.7. The van der Waals surface area contributed by atoms with Crippen molar-refractivity contribution in [1.29, 1.82) is 0 Å². The number of nitrogens with one attached hydrogen (secondary N) is 2. The maximum absolute atomic E-state index is 12.7. The molecule has 1 saturated carbocycles. The maximum Gasteiger partial charge on any atom is 0.294 e. The number of hydrogen-bond donors (Lipinski definition) is 2. The number of aryl methyl sites for hydroxylation is 1. The van der Waals surface area contributed by atoms with Gasteiger partial charge in [-0.25, -0.2) is 4.68 Å². The molecule has 8 heteroatoms. The number of carbonyl (C=O) groups is 1. The van der Waals surface area contributed by atoms with Gasteiger partial charge in [-0.3, -0.25) is 9.59 Å². The molecule has 1 fully saturated rings. The van der Waals surface area contributed by atoms with Gasteiger partial charge in [0.1, 0.15) is 11.5 Å². The summed E-state index contributed by atoms with van der Waals surface area (Å²) in [6.45, 7) is 0. The number of benzene rings is 2. The van der Waals surface area contributed by atoms with Crippen LogP contribution < -0.4 is 25.7 Å². The van der Waals surface area contributed by atoms with Crippen molar-refractivity contribution in [2.45, 2.75) is 18.9 Å². The van der Waals surface area contributed by atoms with E-state index in [9.17, 15) is 9.59 Å². The molecule has 0 unspecified atom stereocenters. The largest absolute Gasteiger partial charge is 0.497 e. The van der Waals surface area contributed by atoms with Gasteiger partial charge in [0.25, 0.3) is 11.5 Å². The molecule has 154 valence electrons. The summed E-state index contributed by atoms with van der Waals surface area (Å²) in [6.07, 6.45) is 3.54. The molecule has 0 bridgehead atoms. The van der Waals surface area contributed by atoms with Crippen LogP contribution in [-0.4, -0.2) is 28.8 Å². The third-order valence-electron chi connectivity index (χ3n) is 4.70. The number of carbonyl (C=O) groups excluding carboxylic acids is 1. The molecule has 4 rings (SSSR count). The fourth-order valence-electron chi connectivity index (χ4n) is 2.85. The van der Waals surface area contributed by atoms with E-state index < -0.39 is 0 Å². The number of methoxy groups -OCH3 is 1. The van der Waals surface area contributed by atoms with Crippen LogP contribution in [0.15, 0.2) is 59.5 Å². The Bertz CT molecular complexity index is 1120. The van der Waals surface area contributed by atoms with Gasteiger partial charge >= 0.3 is 0 Å². The van der Waals surface area contributed by atoms with Crippen LogP contribution in [0.1, 0.15) is 23.2 Å². The van der Waals surface area contributed by atoms with Gasteiger partial charge in [0.05, 0.1) is 13.3 Å². The first-order chi connectivity index (χ1) is 14.5. The molecule has 1 aliphatic rings. The number of amides is 1. The van der Waals surface area contributed by atoms with E-state index >= 15 is 0 Å². The molecular weight excluding hydrogens is 384 g/mol. The van der Waals surface area contributed by atoms with Crippen LogP contribution in [0.3, 0.4) is 0 Å². The third-order valence-corrected chi connectivity index (χ3v) is 4.70. The molecule has 2 aromatic carbocycles. The highest BCUT2D eigenvalue weighted by Gasteiger charge is 2.23. The molecule has 0 radical (unpaired) electrons. The number of hydrogen-bond acceptors (Lipinski definition) is 6. The van der Waals surface area contributed by atoms with Crippen molar-refractivity contribution in [2.75, 3.05) is 12.4 Å². The minimum atomic E-state index is -0.342. The average Bonchev–Trinajstić information content (AvgIpc) is 3.58. The van der Waals surface area contributed by atoms with Crippen LogP contribution in [0.4, 0.5) is 11.4 Å². The number of ether oxygens (including phenoxy) is 2. The molecule has 0 atom stereocenters. The third kappa shape index (κ3) is 4.43. The van der Waals surface area contributed by atoms with Gasteiger partial charge in [-0.2, -0.15) is 5.10 Å². The molecule has 1 aliphatic carbocycles. The Hall–Kier alpha value is -3.81. The fraction of sp³-hybridized carbons (Fsp3) is 0.227. The quantitative estimate of drug-likeness (QED) is 0.626. The second-order valence-electron chi connectivity index (χ2n) is 7.04. The monoisotopic (exact) mass is 406 g/mol. The lowest BCUT2D eigenvalue weighted by atomic mass is 10.2. The number of anilines is 2. The highest BCUT2D eigenvalue weighted by Crippen LogP contribution is 2.30. The summed E-state index contributed by atoms with van der Waals surface area (Å²) in [5.41, 5.74) is 1.12. The van der Waals surface area contributed by atoms with Crippen molar-refractivity contribution in [3.05, 3.63) is 70.6 Å². The smallest absolute Gasteiger partial charge is 0.294 e. The van der Waals surface area contributed by atoms with Crippen molar-refractivity contribution in [1.82, 2.24) is 15.1 Å². The first kappa shape index (κ1) is 19.5. The van der Waals surface area contributed by atoms with Gasteiger partial charge in [0.15, 0.2) is 11.4 Å². The number of aromatic nitrogens is 2. The van der Waals surface area contributed by atoms with Crippen LogP contribution in [0.5, 0.6) is 17.2 Å². The number of nitrogens with zero attached hydrogens (tertiary/aromatic N) is 2. The molecule has 0 aliphatic heterocycles. The average molecular weight is 406 g/mol. The number of rotatable bonds is 7. The fourth-order valence-corrected chi connectivity index (χ4v) is 2.85. The second kappa shape index (κ2) is 8.28. The van der Waals surface area contributed by atoms with Gasteiger partial charge < -0.3 is 20.1 Å². The van der Waals surface area contributed by atoms with Crippen molar-refractivity contribution in [2.24, 2.45) is 7.05 Å². The van der Waals surface area contributed by atoms with Crippen molar-refractivity contribution in [3.8, 4) is 17.2 Å². The molecule has 0 spiro atoms. The minimum absolute atomic E-state index is 0.0917. The maximum atomic E-state index is 12.7. The van der Waals surface area contributed by atoms with Gasteiger partial charge in [-0.15, -0.1) is 0 Å². The van der Waals surface area contributed by atoms with E-state index in [-0.39, 0.29) is 22.9 Å². The summed E-state index contributed by atoms with van der Waals surface area (Å²) in [4.78, 5) is 24.8. The highest BCUT2D eigenvalue weighted by molar-refractivity contribution is 5.95. The summed E-state index contributed by atoms with van der Waals surface area (Å²) in [5.74, 6) is 1.34. The molecule has 3 aromatic rings. The van der Waals surface area contributed by atoms with Crippen LogP contribution >= 0.6 is 0 Å². The van der Waals surface area contributed by atoms with E-state index in [1.807, 2.05) is 0 Å².